The van der Waals surface area contributed by atoms with E-state index in [-0.39, 0.29) is 15.9 Å². The highest BCUT2D eigenvalue weighted by atomic mass is 32.1. The summed E-state index contributed by atoms with van der Waals surface area (Å²) in [6, 6.07) is 9.68. The number of pyridine rings is 1. The van der Waals surface area contributed by atoms with Crippen molar-refractivity contribution >= 4 is 11.3 Å². The van der Waals surface area contributed by atoms with Crippen LogP contribution in [-0.4, -0.2) is 8.94 Å². The first-order valence-electron chi connectivity index (χ1n) is 5.69. The van der Waals surface area contributed by atoms with E-state index in [1.165, 1.54) is 17.3 Å². The van der Waals surface area contributed by atoms with Crippen LogP contribution < -0.4 is 0 Å². The van der Waals surface area contributed by atoms with E-state index in [1.807, 2.05) is 12.1 Å². The fraction of sp³-hybridized carbons (Fsp3) is 0.214. The Balaban J connectivity index is 2.43. The van der Waals surface area contributed by atoms with E-state index in [9.17, 15) is 9.42 Å². The Hall–Kier alpha value is -1.81. The highest BCUT2D eigenvalue weighted by Crippen LogP contribution is 2.14. The van der Waals surface area contributed by atoms with E-state index in [4.69, 9.17) is 0 Å². The SMILES string of the molecule is Cc1ccc(Cc2cccn([O-])c2=S=O)cc1C. The van der Waals surface area contributed by atoms with Gasteiger partial charge in [0, 0.05) is 6.42 Å². The van der Waals surface area contributed by atoms with E-state index in [1.54, 1.807) is 6.07 Å². The minimum atomic E-state index is 0.232. The maximum absolute atomic E-state index is 11.5. The molecule has 0 amide bonds. The average Bonchev–Trinajstić information content (AvgIpc) is 2.34. The summed E-state index contributed by atoms with van der Waals surface area (Å²) >= 11 is 0.249. The summed E-state index contributed by atoms with van der Waals surface area (Å²) in [4.78, 5) is 0. The molecule has 0 aliphatic carbocycles. The van der Waals surface area contributed by atoms with Crippen LogP contribution in [0.1, 0.15) is 22.3 Å². The smallest absolute Gasteiger partial charge is 0.135 e. The van der Waals surface area contributed by atoms with Gasteiger partial charge in [-0.15, -0.1) is 0 Å². The molecule has 1 heterocycles. The second kappa shape index (κ2) is 5.23. The molecule has 0 radical (unpaired) electrons. The topological polar surface area (TPSA) is 45.1 Å². The molecular formula is C14H14NO2S-. The molecule has 0 aliphatic rings. The minimum absolute atomic E-state index is 0.232. The van der Waals surface area contributed by atoms with E-state index >= 15 is 0 Å². The van der Waals surface area contributed by atoms with Crippen LogP contribution in [0.15, 0.2) is 36.5 Å². The summed E-state index contributed by atoms with van der Waals surface area (Å²) in [5.74, 6) is 0. The summed E-state index contributed by atoms with van der Waals surface area (Å²) in [7, 11) is 0. The average molecular weight is 260 g/mol. The molecule has 0 unspecified atom stereocenters. The molecule has 0 atom stereocenters. The van der Waals surface area contributed by atoms with Crippen molar-refractivity contribution in [2.45, 2.75) is 20.3 Å². The Morgan fingerprint density at radius 1 is 1.22 bits per heavy atom. The van der Waals surface area contributed by atoms with Gasteiger partial charge in [-0.1, -0.05) is 24.3 Å². The van der Waals surface area contributed by atoms with Gasteiger partial charge in [-0.05, 0) is 48.4 Å². The molecule has 0 aliphatic heterocycles. The summed E-state index contributed by atoms with van der Waals surface area (Å²) in [6.45, 7) is 4.12. The largest absolute Gasteiger partial charge is 0.805 e. The van der Waals surface area contributed by atoms with Crippen LogP contribution in [0.3, 0.4) is 0 Å². The van der Waals surface area contributed by atoms with Crippen LogP contribution in [-0.2, 0) is 17.7 Å². The Morgan fingerprint density at radius 3 is 2.67 bits per heavy atom. The molecular weight excluding hydrogens is 246 g/mol. The molecule has 2 rings (SSSR count). The standard InChI is InChI=1S/C14H14NO2S/c1-10-5-6-12(8-11(10)2)9-13-4-3-7-15(16)14(13)18-17/h3-8H,9H2,1-2H3/q-1. The molecule has 0 fully saturated rings. The Labute approximate surface area is 109 Å². The zero-order valence-electron chi connectivity index (χ0n) is 10.3. The zero-order valence-corrected chi connectivity index (χ0v) is 11.2. The highest BCUT2D eigenvalue weighted by molar-refractivity contribution is 7.56. The van der Waals surface area contributed by atoms with Crippen molar-refractivity contribution < 1.29 is 4.21 Å². The van der Waals surface area contributed by atoms with Crippen molar-refractivity contribution in [1.82, 2.24) is 4.73 Å². The number of hydrogen-bond donors (Lipinski definition) is 0. The van der Waals surface area contributed by atoms with Crippen molar-refractivity contribution in [3.8, 4) is 0 Å². The molecule has 94 valence electrons. The van der Waals surface area contributed by atoms with Crippen LogP contribution in [0.25, 0.3) is 0 Å². The van der Waals surface area contributed by atoms with E-state index in [2.05, 4.69) is 26.0 Å². The number of nitrogens with zero attached hydrogens (tertiary/aromatic N) is 1. The minimum Gasteiger partial charge on any atom is -0.805 e. The maximum atomic E-state index is 11.5. The predicted octanol–water partition coefficient (Wildman–Crippen LogP) is 2.79. The third kappa shape index (κ3) is 2.54. The third-order valence-electron chi connectivity index (χ3n) is 3.04. The van der Waals surface area contributed by atoms with Crippen molar-refractivity contribution in [3.05, 3.63) is 68.6 Å². The predicted molar refractivity (Wildman–Crippen MR) is 73.3 cm³/mol. The van der Waals surface area contributed by atoms with Crippen LogP contribution >= 0.6 is 0 Å². The first kappa shape index (κ1) is 12.6. The Morgan fingerprint density at radius 2 is 2.00 bits per heavy atom. The lowest BCUT2D eigenvalue weighted by atomic mass is 10.0. The lowest BCUT2D eigenvalue weighted by molar-refractivity contribution is 0.698. The van der Waals surface area contributed by atoms with E-state index in [0.29, 0.717) is 11.2 Å². The number of aryl methyl sites for hydroxylation is 2. The van der Waals surface area contributed by atoms with Gasteiger partial charge in [0.25, 0.3) is 0 Å². The fourth-order valence-electron chi connectivity index (χ4n) is 1.88. The number of rotatable bonds is 2. The van der Waals surface area contributed by atoms with Gasteiger partial charge < -0.3 is 9.94 Å². The second-order valence-corrected chi connectivity index (χ2v) is 4.90. The lowest BCUT2D eigenvalue weighted by Gasteiger charge is -2.12. The molecule has 0 bridgehead atoms. The second-order valence-electron chi connectivity index (χ2n) is 4.34. The summed E-state index contributed by atoms with van der Waals surface area (Å²) in [5, 5.41) is 11.5. The molecule has 0 saturated carbocycles. The number of aromatic nitrogens is 1. The van der Waals surface area contributed by atoms with Gasteiger partial charge >= 0.3 is 0 Å². The van der Waals surface area contributed by atoms with Crippen LogP contribution in [0.5, 0.6) is 0 Å². The molecule has 0 saturated heterocycles. The highest BCUT2D eigenvalue weighted by Gasteiger charge is 2.01. The lowest BCUT2D eigenvalue weighted by Crippen LogP contribution is -1.98. The van der Waals surface area contributed by atoms with Gasteiger partial charge in [-0.25, -0.2) is 4.21 Å². The van der Waals surface area contributed by atoms with Gasteiger partial charge in [0.1, 0.15) is 15.9 Å². The summed E-state index contributed by atoms with van der Waals surface area (Å²) in [6.07, 6.45) is 1.96. The number of hydrogen-bond acceptors (Lipinski definition) is 2. The first-order valence-corrected chi connectivity index (χ1v) is 6.43. The van der Waals surface area contributed by atoms with Crippen molar-refractivity contribution in [2.75, 3.05) is 0 Å². The van der Waals surface area contributed by atoms with Crippen molar-refractivity contribution in [2.24, 2.45) is 0 Å². The number of benzene rings is 1. The molecule has 2 aromatic rings. The summed E-state index contributed by atoms with van der Waals surface area (Å²) < 4.78 is 11.8. The molecule has 4 heteroatoms. The molecule has 0 spiro atoms. The van der Waals surface area contributed by atoms with Crippen molar-refractivity contribution in [1.29, 1.82) is 0 Å². The molecule has 18 heavy (non-hydrogen) atoms. The van der Waals surface area contributed by atoms with Crippen molar-refractivity contribution in [3.63, 3.8) is 0 Å². The maximum Gasteiger partial charge on any atom is 0.135 e. The monoisotopic (exact) mass is 260 g/mol. The van der Waals surface area contributed by atoms with E-state index in [0.717, 1.165) is 11.1 Å². The van der Waals surface area contributed by atoms with Crippen LogP contribution in [0.4, 0.5) is 0 Å². The van der Waals surface area contributed by atoms with Gasteiger partial charge in [-0.2, -0.15) is 0 Å². The quantitative estimate of drug-likeness (QED) is 0.779. The fourth-order valence-corrected chi connectivity index (χ4v) is 2.26. The van der Waals surface area contributed by atoms with Gasteiger partial charge in [0.05, 0.1) is 0 Å². The Bertz CT molecular complexity index is 670. The molecule has 0 N–H and O–H groups in total. The molecule has 1 aromatic heterocycles. The first-order chi connectivity index (χ1) is 8.61. The Kier molecular flexibility index (Phi) is 3.67. The third-order valence-corrected chi connectivity index (χ3v) is 3.64. The van der Waals surface area contributed by atoms with Crippen LogP contribution in [0.2, 0.25) is 0 Å². The van der Waals surface area contributed by atoms with Gasteiger partial charge in [0.2, 0.25) is 0 Å². The van der Waals surface area contributed by atoms with Crippen LogP contribution in [0, 0.1) is 23.7 Å². The molecule has 1 aromatic carbocycles. The van der Waals surface area contributed by atoms with E-state index < -0.39 is 0 Å². The van der Waals surface area contributed by atoms with Gasteiger partial charge in [0.15, 0.2) is 0 Å². The van der Waals surface area contributed by atoms with Gasteiger partial charge in [-0.3, -0.25) is 0 Å². The summed E-state index contributed by atoms with van der Waals surface area (Å²) in [5.41, 5.74) is 4.34. The normalized spacial score (nSPS) is 10.3. The zero-order chi connectivity index (χ0) is 13.1. The molecule has 3 nitrogen and oxygen atoms in total.